The molecule has 1 aromatic rings. The second-order valence-corrected chi connectivity index (χ2v) is 3.76. The van der Waals surface area contributed by atoms with Crippen molar-refractivity contribution in [2.45, 2.75) is 13.0 Å². The highest BCUT2D eigenvalue weighted by Gasteiger charge is 2.09. The predicted molar refractivity (Wildman–Crippen MR) is 66.0 cm³/mol. The first-order valence-corrected chi connectivity index (χ1v) is 5.50. The lowest BCUT2D eigenvalue weighted by atomic mass is 10.1. The number of carbonyl (C=O) groups is 1. The van der Waals surface area contributed by atoms with Crippen molar-refractivity contribution < 1.29 is 9.18 Å². The second kappa shape index (κ2) is 6.81. The van der Waals surface area contributed by atoms with Crippen LogP contribution in [0.2, 0.25) is 0 Å². The molecule has 0 aliphatic rings. The lowest BCUT2D eigenvalue weighted by Crippen LogP contribution is -2.35. The summed E-state index contributed by atoms with van der Waals surface area (Å²) in [5.41, 5.74) is 0.752. The summed E-state index contributed by atoms with van der Waals surface area (Å²) >= 11 is 0. The van der Waals surface area contributed by atoms with Crippen LogP contribution in [0.15, 0.2) is 36.9 Å². The Hall–Kier alpha value is -1.68. The fraction of sp³-hybridized carbons (Fsp3) is 0.308. The Balaban J connectivity index is 2.45. The number of benzene rings is 1. The largest absolute Gasteiger partial charge is 0.348 e. The molecular formula is C13H17FN2O. The second-order valence-electron chi connectivity index (χ2n) is 3.76. The maximum atomic E-state index is 13.0. The minimum atomic E-state index is -0.298. The molecule has 0 bridgehead atoms. The molecule has 0 aliphatic carbocycles. The monoisotopic (exact) mass is 236 g/mol. The van der Waals surface area contributed by atoms with Crippen LogP contribution >= 0.6 is 0 Å². The number of rotatable bonds is 6. The van der Waals surface area contributed by atoms with E-state index < -0.39 is 0 Å². The Morgan fingerprint density at radius 2 is 2.35 bits per heavy atom. The molecule has 0 aromatic heterocycles. The number of amides is 1. The molecule has 4 heteroatoms. The summed E-state index contributed by atoms with van der Waals surface area (Å²) in [4.78, 5) is 11.5. The molecule has 1 amide bonds. The van der Waals surface area contributed by atoms with Gasteiger partial charge in [-0.05, 0) is 24.6 Å². The van der Waals surface area contributed by atoms with E-state index in [1.165, 1.54) is 12.1 Å². The normalized spacial score (nSPS) is 11.9. The van der Waals surface area contributed by atoms with E-state index in [-0.39, 0.29) is 24.3 Å². The third-order valence-corrected chi connectivity index (χ3v) is 2.30. The summed E-state index contributed by atoms with van der Waals surface area (Å²) in [5, 5.41) is 5.68. The Labute approximate surface area is 101 Å². The molecule has 0 heterocycles. The van der Waals surface area contributed by atoms with Crippen LogP contribution < -0.4 is 10.6 Å². The lowest BCUT2D eigenvalue weighted by Gasteiger charge is -2.14. The van der Waals surface area contributed by atoms with E-state index in [0.717, 1.165) is 5.56 Å². The van der Waals surface area contributed by atoms with Crippen molar-refractivity contribution in [1.29, 1.82) is 0 Å². The molecule has 0 spiro atoms. The van der Waals surface area contributed by atoms with Gasteiger partial charge in [0.25, 0.3) is 0 Å². The summed E-state index contributed by atoms with van der Waals surface area (Å²) in [6, 6.07) is 6.00. The Morgan fingerprint density at radius 1 is 1.59 bits per heavy atom. The zero-order chi connectivity index (χ0) is 12.7. The molecule has 0 unspecified atom stereocenters. The molecule has 0 saturated carbocycles. The summed E-state index contributed by atoms with van der Waals surface area (Å²) in [6.07, 6.45) is 1.68. The van der Waals surface area contributed by atoms with Crippen LogP contribution in [0, 0.1) is 5.82 Å². The average Bonchev–Trinajstić information content (AvgIpc) is 2.29. The molecule has 3 nitrogen and oxygen atoms in total. The van der Waals surface area contributed by atoms with Crippen LogP contribution in [-0.4, -0.2) is 19.0 Å². The van der Waals surface area contributed by atoms with E-state index in [9.17, 15) is 9.18 Å². The number of hydrogen-bond acceptors (Lipinski definition) is 2. The molecular weight excluding hydrogens is 219 g/mol. The molecule has 2 N–H and O–H groups in total. The van der Waals surface area contributed by atoms with Crippen molar-refractivity contribution in [3.8, 4) is 0 Å². The smallest absolute Gasteiger partial charge is 0.234 e. The third kappa shape index (κ3) is 4.78. The maximum absolute atomic E-state index is 13.0. The highest BCUT2D eigenvalue weighted by atomic mass is 19.1. The van der Waals surface area contributed by atoms with Crippen LogP contribution in [0.3, 0.4) is 0 Å². The Morgan fingerprint density at radius 3 is 3.00 bits per heavy atom. The highest BCUT2D eigenvalue weighted by molar-refractivity contribution is 5.78. The topological polar surface area (TPSA) is 41.1 Å². The molecule has 92 valence electrons. The average molecular weight is 236 g/mol. The molecule has 0 saturated heterocycles. The van der Waals surface area contributed by atoms with Gasteiger partial charge in [0.15, 0.2) is 0 Å². The highest BCUT2D eigenvalue weighted by Crippen LogP contribution is 2.12. The quantitative estimate of drug-likeness (QED) is 0.584. The summed E-state index contributed by atoms with van der Waals surface area (Å²) in [5.74, 6) is -0.419. The van der Waals surface area contributed by atoms with Gasteiger partial charge < -0.3 is 10.6 Å². The number of hydrogen-bond donors (Lipinski definition) is 2. The molecule has 1 aromatic carbocycles. The van der Waals surface area contributed by atoms with Crippen molar-refractivity contribution in [2.75, 3.05) is 13.1 Å². The first kappa shape index (κ1) is 13.4. The SMILES string of the molecule is C=CCNCC(=O)N[C@@H](C)c1cccc(F)c1. The zero-order valence-corrected chi connectivity index (χ0v) is 9.87. The predicted octanol–water partition coefficient (Wildman–Crippen LogP) is 1.78. The van der Waals surface area contributed by atoms with Gasteiger partial charge in [-0.3, -0.25) is 4.79 Å². The zero-order valence-electron chi connectivity index (χ0n) is 9.87. The van der Waals surface area contributed by atoms with Crippen molar-refractivity contribution in [3.63, 3.8) is 0 Å². The van der Waals surface area contributed by atoms with Gasteiger partial charge in [-0.2, -0.15) is 0 Å². The summed E-state index contributed by atoms with van der Waals surface area (Å²) < 4.78 is 13.0. The maximum Gasteiger partial charge on any atom is 0.234 e. The van der Waals surface area contributed by atoms with Gasteiger partial charge in [0.2, 0.25) is 5.91 Å². The van der Waals surface area contributed by atoms with Gasteiger partial charge in [0.05, 0.1) is 12.6 Å². The molecule has 0 fully saturated rings. The van der Waals surface area contributed by atoms with E-state index in [1.807, 2.05) is 6.92 Å². The minimum Gasteiger partial charge on any atom is -0.348 e. The first-order chi connectivity index (χ1) is 8.13. The van der Waals surface area contributed by atoms with Crippen molar-refractivity contribution in [1.82, 2.24) is 10.6 Å². The number of halogens is 1. The Kier molecular flexibility index (Phi) is 5.36. The van der Waals surface area contributed by atoms with Crippen LogP contribution in [-0.2, 0) is 4.79 Å². The van der Waals surface area contributed by atoms with E-state index in [2.05, 4.69) is 17.2 Å². The van der Waals surface area contributed by atoms with Gasteiger partial charge in [0.1, 0.15) is 5.82 Å². The van der Waals surface area contributed by atoms with E-state index in [1.54, 1.807) is 18.2 Å². The minimum absolute atomic E-state index is 0.122. The van der Waals surface area contributed by atoms with Crippen LogP contribution in [0.1, 0.15) is 18.5 Å². The Bertz CT molecular complexity index is 393. The van der Waals surface area contributed by atoms with Gasteiger partial charge in [-0.25, -0.2) is 4.39 Å². The van der Waals surface area contributed by atoms with Crippen LogP contribution in [0.4, 0.5) is 4.39 Å². The van der Waals surface area contributed by atoms with Crippen molar-refractivity contribution in [3.05, 3.63) is 48.3 Å². The van der Waals surface area contributed by atoms with Gasteiger partial charge in [0, 0.05) is 6.54 Å². The molecule has 0 aliphatic heterocycles. The van der Waals surface area contributed by atoms with Gasteiger partial charge >= 0.3 is 0 Å². The molecule has 1 atom stereocenters. The number of nitrogens with one attached hydrogen (secondary N) is 2. The number of carbonyl (C=O) groups excluding carboxylic acids is 1. The summed E-state index contributed by atoms with van der Waals surface area (Å²) in [7, 11) is 0. The van der Waals surface area contributed by atoms with Crippen LogP contribution in [0.25, 0.3) is 0 Å². The van der Waals surface area contributed by atoms with Crippen molar-refractivity contribution in [2.24, 2.45) is 0 Å². The molecule has 17 heavy (non-hydrogen) atoms. The van der Waals surface area contributed by atoms with E-state index in [0.29, 0.717) is 6.54 Å². The standard InChI is InChI=1S/C13H17FN2O/c1-3-7-15-9-13(17)16-10(2)11-5-4-6-12(14)8-11/h3-6,8,10,15H,1,7,9H2,2H3,(H,16,17)/t10-/m0/s1. The van der Waals surface area contributed by atoms with Gasteiger partial charge in [-0.1, -0.05) is 18.2 Å². The summed E-state index contributed by atoms with van der Waals surface area (Å²) in [6.45, 7) is 6.17. The van der Waals surface area contributed by atoms with Gasteiger partial charge in [-0.15, -0.1) is 6.58 Å². The molecule has 0 radical (unpaired) electrons. The third-order valence-electron chi connectivity index (χ3n) is 2.30. The lowest BCUT2D eigenvalue weighted by molar-refractivity contribution is -0.120. The molecule has 1 rings (SSSR count). The fourth-order valence-electron chi connectivity index (χ4n) is 1.44. The van der Waals surface area contributed by atoms with Crippen molar-refractivity contribution >= 4 is 5.91 Å². The first-order valence-electron chi connectivity index (χ1n) is 5.50. The fourth-order valence-corrected chi connectivity index (χ4v) is 1.44. The van der Waals surface area contributed by atoms with Crippen LogP contribution in [0.5, 0.6) is 0 Å². The van der Waals surface area contributed by atoms with E-state index in [4.69, 9.17) is 0 Å². The van der Waals surface area contributed by atoms with E-state index >= 15 is 0 Å².